The van der Waals surface area contributed by atoms with Crippen molar-refractivity contribution in [3.05, 3.63) is 47.8 Å². The number of rotatable bonds is 3. The number of nitrogens with one attached hydrogen (secondary N) is 2. The second kappa shape index (κ2) is 5.97. The second-order valence-corrected chi connectivity index (χ2v) is 6.10. The highest BCUT2D eigenvalue weighted by molar-refractivity contribution is 7.22. The maximum absolute atomic E-state index is 13.1. The van der Waals surface area contributed by atoms with Gasteiger partial charge >= 0.3 is 0 Å². The van der Waals surface area contributed by atoms with Crippen molar-refractivity contribution in [2.45, 2.75) is 0 Å². The number of amides is 1. The van der Waals surface area contributed by atoms with Crippen LogP contribution in [0.4, 0.5) is 9.52 Å². The summed E-state index contributed by atoms with van der Waals surface area (Å²) in [6.07, 6.45) is 0. The van der Waals surface area contributed by atoms with Gasteiger partial charge in [-0.2, -0.15) is 0 Å². The maximum atomic E-state index is 13.1. The summed E-state index contributed by atoms with van der Waals surface area (Å²) in [7, 11) is 0. The molecule has 4 rings (SSSR count). The molecule has 0 radical (unpaired) electrons. The van der Waals surface area contributed by atoms with Gasteiger partial charge in [-0.05, 0) is 18.2 Å². The minimum absolute atomic E-state index is 0.223. The van der Waals surface area contributed by atoms with Crippen LogP contribution < -0.4 is 20.3 Å². The molecule has 0 fully saturated rings. The minimum Gasteiger partial charge on any atom is -0.486 e. The molecular formula is C16H12FN3O3S. The normalized spacial score (nSPS) is 12.9. The number of thiazole rings is 1. The predicted molar refractivity (Wildman–Crippen MR) is 88.1 cm³/mol. The smallest absolute Gasteiger partial charge is 0.269 e. The lowest BCUT2D eigenvalue weighted by molar-refractivity contribution is 0.0962. The van der Waals surface area contributed by atoms with Gasteiger partial charge in [-0.1, -0.05) is 17.4 Å². The van der Waals surface area contributed by atoms with Crippen LogP contribution in [0.2, 0.25) is 0 Å². The summed E-state index contributed by atoms with van der Waals surface area (Å²) in [5.41, 5.74) is 6.21. The van der Waals surface area contributed by atoms with Crippen molar-refractivity contribution in [2.75, 3.05) is 18.6 Å². The predicted octanol–water partition coefficient (Wildman–Crippen LogP) is 2.96. The van der Waals surface area contributed by atoms with E-state index in [0.29, 0.717) is 29.8 Å². The van der Waals surface area contributed by atoms with Crippen molar-refractivity contribution in [2.24, 2.45) is 0 Å². The van der Waals surface area contributed by atoms with E-state index in [1.807, 2.05) is 6.07 Å². The number of hydrogen-bond donors (Lipinski definition) is 2. The zero-order chi connectivity index (χ0) is 16.5. The van der Waals surface area contributed by atoms with Gasteiger partial charge in [0, 0.05) is 17.7 Å². The highest BCUT2D eigenvalue weighted by Crippen LogP contribution is 2.37. The first-order chi connectivity index (χ1) is 11.7. The number of carbonyl (C=O) groups is 1. The third kappa shape index (κ3) is 2.83. The molecule has 3 aromatic rings. The van der Waals surface area contributed by atoms with Crippen LogP contribution in [0, 0.1) is 5.82 Å². The highest BCUT2D eigenvalue weighted by atomic mass is 32.1. The molecule has 1 aliphatic heterocycles. The Labute approximate surface area is 140 Å². The Hall–Kier alpha value is -2.87. The SMILES string of the molecule is O=C(NNc1nc2cc3c(cc2s1)OCCO3)c1cccc(F)c1. The fourth-order valence-corrected chi connectivity index (χ4v) is 3.16. The fourth-order valence-electron chi connectivity index (χ4n) is 2.33. The van der Waals surface area contributed by atoms with Gasteiger partial charge in [0.2, 0.25) is 5.13 Å². The van der Waals surface area contributed by atoms with Gasteiger partial charge in [-0.3, -0.25) is 15.6 Å². The topological polar surface area (TPSA) is 72.5 Å². The molecule has 0 unspecified atom stereocenters. The molecule has 2 aromatic carbocycles. The lowest BCUT2D eigenvalue weighted by Gasteiger charge is -2.17. The van der Waals surface area contributed by atoms with Crippen LogP contribution in [0.15, 0.2) is 36.4 Å². The van der Waals surface area contributed by atoms with Gasteiger partial charge in [0.15, 0.2) is 11.5 Å². The molecule has 2 heterocycles. The van der Waals surface area contributed by atoms with Crippen molar-refractivity contribution in [1.82, 2.24) is 10.4 Å². The Kier molecular flexibility index (Phi) is 3.66. The van der Waals surface area contributed by atoms with Crippen LogP contribution in [0.1, 0.15) is 10.4 Å². The summed E-state index contributed by atoms with van der Waals surface area (Å²) < 4.78 is 25.1. The summed E-state index contributed by atoms with van der Waals surface area (Å²) >= 11 is 1.36. The number of hydrazine groups is 1. The average molecular weight is 345 g/mol. The lowest BCUT2D eigenvalue weighted by Crippen LogP contribution is -2.29. The number of hydrogen-bond acceptors (Lipinski definition) is 6. The number of benzene rings is 2. The van der Waals surface area contributed by atoms with Crippen molar-refractivity contribution in [3.8, 4) is 11.5 Å². The molecular weight excluding hydrogens is 333 g/mol. The van der Waals surface area contributed by atoms with E-state index in [2.05, 4.69) is 15.8 Å². The second-order valence-electron chi connectivity index (χ2n) is 5.07. The third-order valence-electron chi connectivity index (χ3n) is 3.42. The Bertz CT molecular complexity index is 885. The van der Waals surface area contributed by atoms with Gasteiger partial charge in [-0.25, -0.2) is 9.37 Å². The van der Waals surface area contributed by atoms with E-state index in [0.717, 1.165) is 16.3 Å². The summed E-state index contributed by atoms with van der Waals surface area (Å²) in [5.74, 6) is 0.440. The van der Waals surface area contributed by atoms with Crippen molar-refractivity contribution in [1.29, 1.82) is 0 Å². The van der Waals surface area contributed by atoms with Gasteiger partial charge in [0.05, 0.1) is 10.2 Å². The number of halogens is 1. The van der Waals surface area contributed by atoms with E-state index in [4.69, 9.17) is 9.47 Å². The number of nitrogens with zero attached hydrogens (tertiary/aromatic N) is 1. The van der Waals surface area contributed by atoms with E-state index in [-0.39, 0.29) is 5.56 Å². The molecule has 1 aromatic heterocycles. The van der Waals surface area contributed by atoms with E-state index in [1.54, 1.807) is 6.07 Å². The first-order valence-electron chi connectivity index (χ1n) is 7.21. The molecule has 0 atom stereocenters. The van der Waals surface area contributed by atoms with Gasteiger partial charge in [0.1, 0.15) is 19.0 Å². The molecule has 0 saturated carbocycles. The average Bonchev–Trinajstić information content (AvgIpc) is 2.99. The molecule has 0 bridgehead atoms. The first kappa shape index (κ1) is 14.7. The monoisotopic (exact) mass is 345 g/mol. The van der Waals surface area contributed by atoms with E-state index < -0.39 is 11.7 Å². The van der Waals surface area contributed by atoms with Crippen LogP contribution in [-0.2, 0) is 0 Å². The third-order valence-corrected chi connectivity index (χ3v) is 4.36. The van der Waals surface area contributed by atoms with Crippen LogP contribution in [0.3, 0.4) is 0 Å². The standard InChI is InChI=1S/C16H12FN3O3S/c17-10-3-1-2-9(6-10)15(21)19-20-16-18-11-7-12-13(8-14(11)24-16)23-5-4-22-12/h1-3,6-8H,4-5H2,(H,18,20)(H,19,21). The van der Waals surface area contributed by atoms with Crippen LogP contribution >= 0.6 is 11.3 Å². The van der Waals surface area contributed by atoms with E-state index in [1.165, 1.54) is 29.5 Å². The number of carbonyl (C=O) groups excluding carboxylic acids is 1. The molecule has 24 heavy (non-hydrogen) atoms. The molecule has 1 aliphatic rings. The molecule has 2 N–H and O–H groups in total. The molecule has 6 nitrogen and oxygen atoms in total. The Balaban J connectivity index is 1.51. The van der Waals surface area contributed by atoms with Crippen molar-refractivity contribution < 1.29 is 18.7 Å². The molecule has 122 valence electrons. The van der Waals surface area contributed by atoms with E-state index >= 15 is 0 Å². The number of aromatic nitrogens is 1. The van der Waals surface area contributed by atoms with Crippen LogP contribution in [0.25, 0.3) is 10.2 Å². The zero-order valence-corrected chi connectivity index (χ0v) is 13.2. The zero-order valence-electron chi connectivity index (χ0n) is 12.3. The molecule has 8 heteroatoms. The minimum atomic E-state index is -0.465. The fraction of sp³-hybridized carbons (Fsp3) is 0.125. The Morgan fingerprint density at radius 2 is 1.96 bits per heavy atom. The van der Waals surface area contributed by atoms with Crippen molar-refractivity contribution >= 4 is 32.6 Å². The summed E-state index contributed by atoms with van der Waals surface area (Å²) in [4.78, 5) is 16.4. The summed E-state index contributed by atoms with van der Waals surface area (Å²) in [5, 5.41) is 0.511. The Morgan fingerprint density at radius 3 is 2.75 bits per heavy atom. The first-order valence-corrected chi connectivity index (χ1v) is 8.03. The quantitative estimate of drug-likeness (QED) is 0.714. The molecule has 0 aliphatic carbocycles. The largest absolute Gasteiger partial charge is 0.486 e. The van der Waals surface area contributed by atoms with Crippen LogP contribution in [0.5, 0.6) is 11.5 Å². The summed E-state index contributed by atoms with van der Waals surface area (Å²) in [6, 6.07) is 9.12. The highest BCUT2D eigenvalue weighted by Gasteiger charge is 2.15. The number of ether oxygens (including phenoxy) is 2. The van der Waals surface area contributed by atoms with Gasteiger partial charge < -0.3 is 9.47 Å². The summed E-state index contributed by atoms with van der Waals surface area (Å²) in [6.45, 7) is 1.03. The molecule has 0 saturated heterocycles. The maximum Gasteiger partial charge on any atom is 0.269 e. The van der Waals surface area contributed by atoms with Crippen molar-refractivity contribution in [3.63, 3.8) is 0 Å². The van der Waals surface area contributed by atoms with Gasteiger partial charge in [-0.15, -0.1) is 0 Å². The lowest BCUT2D eigenvalue weighted by atomic mass is 10.2. The number of anilines is 1. The molecule has 0 spiro atoms. The van der Waals surface area contributed by atoms with Crippen LogP contribution in [-0.4, -0.2) is 24.1 Å². The van der Waals surface area contributed by atoms with Gasteiger partial charge in [0.25, 0.3) is 5.91 Å². The Morgan fingerprint density at radius 1 is 1.17 bits per heavy atom. The molecule has 1 amide bonds. The van der Waals surface area contributed by atoms with E-state index in [9.17, 15) is 9.18 Å². The number of fused-ring (bicyclic) bond motifs is 2.